The number of thiocarbonyl (C=S) groups is 1. The van der Waals surface area contributed by atoms with Gasteiger partial charge in [0.05, 0.1) is 7.11 Å². The van der Waals surface area contributed by atoms with Gasteiger partial charge in [-0.3, -0.25) is 0 Å². The smallest absolute Gasteiger partial charge is 0.256 e. The maximum Gasteiger partial charge on any atom is 0.256 e. The molecule has 7 heavy (non-hydrogen) atoms. The normalized spacial score (nSPS) is 6.00. The van der Waals surface area contributed by atoms with E-state index >= 15 is 0 Å². The SMILES string of the molecule is CNC(=S)OC.[Fe]. The Morgan fingerprint density at radius 3 is 2.14 bits per heavy atom. The Labute approximate surface area is 59.1 Å². The van der Waals surface area contributed by atoms with Crippen molar-refractivity contribution in [2.45, 2.75) is 0 Å². The summed E-state index contributed by atoms with van der Waals surface area (Å²) in [4.78, 5) is 0. The van der Waals surface area contributed by atoms with Crippen LogP contribution in [0.5, 0.6) is 0 Å². The Hall–Kier alpha value is 0.209. The first kappa shape index (κ1) is 10.2. The molecule has 0 aromatic rings. The first-order valence-electron chi connectivity index (χ1n) is 1.57. The van der Waals surface area contributed by atoms with Crippen LogP contribution in [0.15, 0.2) is 0 Å². The molecule has 0 aromatic carbocycles. The number of hydrogen-bond acceptors (Lipinski definition) is 2. The summed E-state index contributed by atoms with van der Waals surface area (Å²) < 4.78 is 4.52. The third-order valence-electron chi connectivity index (χ3n) is 0.390. The van der Waals surface area contributed by atoms with Crippen molar-refractivity contribution in [3.05, 3.63) is 0 Å². The molecule has 44 valence electrons. The predicted molar refractivity (Wildman–Crippen MR) is 28.7 cm³/mol. The van der Waals surface area contributed by atoms with Crippen molar-refractivity contribution in [1.29, 1.82) is 0 Å². The van der Waals surface area contributed by atoms with Crippen LogP contribution in [0.25, 0.3) is 0 Å². The third-order valence-corrected chi connectivity index (χ3v) is 0.760. The molecule has 0 saturated carbocycles. The zero-order valence-electron chi connectivity index (χ0n) is 4.17. The van der Waals surface area contributed by atoms with Crippen LogP contribution >= 0.6 is 12.2 Å². The van der Waals surface area contributed by atoms with E-state index in [0.717, 1.165) is 0 Å². The number of methoxy groups -OCH3 is 1. The summed E-state index contributed by atoms with van der Waals surface area (Å²) in [7, 11) is 3.24. The summed E-state index contributed by atoms with van der Waals surface area (Å²) in [6.45, 7) is 0. The molecule has 0 unspecified atom stereocenters. The molecule has 0 radical (unpaired) electrons. The number of nitrogens with one attached hydrogen (secondary N) is 1. The maximum atomic E-state index is 4.52. The van der Waals surface area contributed by atoms with E-state index in [0.29, 0.717) is 5.17 Å². The van der Waals surface area contributed by atoms with Crippen molar-refractivity contribution in [1.82, 2.24) is 5.32 Å². The van der Waals surface area contributed by atoms with Gasteiger partial charge in [-0.1, -0.05) is 0 Å². The molecule has 0 amide bonds. The van der Waals surface area contributed by atoms with Crippen LogP contribution in [0.2, 0.25) is 0 Å². The van der Waals surface area contributed by atoms with Gasteiger partial charge in [0.1, 0.15) is 0 Å². The molecule has 0 atom stereocenters. The van der Waals surface area contributed by atoms with E-state index < -0.39 is 0 Å². The minimum Gasteiger partial charge on any atom is -0.474 e. The van der Waals surface area contributed by atoms with Crippen molar-refractivity contribution >= 4 is 17.4 Å². The van der Waals surface area contributed by atoms with Crippen LogP contribution in [-0.4, -0.2) is 19.3 Å². The molecular weight excluding hydrogens is 154 g/mol. The van der Waals surface area contributed by atoms with E-state index in [2.05, 4.69) is 22.3 Å². The molecule has 0 rings (SSSR count). The molecule has 0 aliphatic rings. The average Bonchev–Trinajstić information content (AvgIpc) is 1.65. The maximum absolute atomic E-state index is 4.52. The predicted octanol–water partition coefficient (Wildman–Crippen LogP) is 0.135. The standard InChI is InChI=1S/C3H7NOS.Fe/c1-4-3(6)5-2;/h1-2H3,(H,4,6);. The van der Waals surface area contributed by atoms with E-state index in [1.54, 1.807) is 7.05 Å². The fourth-order valence-corrected chi connectivity index (χ4v) is 0.102. The van der Waals surface area contributed by atoms with Crippen molar-refractivity contribution in [3.63, 3.8) is 0 Å². The second-order valence-electron chi connectivity index (χ2n) is 0.742. The average molecular weight is 161 g/mol. The van der Waals surface area contributed by atoms with Crippen molar-refractivity contribution in [2.24, 2.45) is 0 Å². The molecule has 1 N–H and O–H groups in total. The van der Waals surface area contributed by atoms with E-state index in [4.69, 9.17) is 0 Å². The number of ether oxygens (including phenoxy) is 1. The zero-order chi connectivity index (χ0) is 4.99. The molecule has 0 saturated heterocycles. The van der Waals surface area contributed by atoms with Gasteiger partial charge in [-0.15, -0.1) is 0 Å². The zero-order valence-corrected chi connectivity index (χ0v) is 6.09. The van der Waals surface area contributed by atoms with Gasteiger partial charge in [0.15, 0.2) is 0 Å². The van der Waals surface area contributed by atoms with Crippen LogP contribution in [-0.2, 0) is 21.8 Å². The number of rotatable bonds is 0. The van der Waals surface area contributed by atoms with E-state index in [1.807, 2.05) is 0 Å². The van der Waals surface area contributed by atoms with Crippen LogP contribution in [0.3, 0.4) is 0 Å². The first-order valence-corrected chi connectivity index (χ1v) is 1.97. The Balaban J connectivity index is 0. The number of hydrogen-bond donors (Lipinski definition) is 1. The first-order chi connectivity index (χ1) is 2.81. The molecule has 0 spiro atoms. The second-order valence-corrected chi connectivity index (χ2v) is 1.11. The van der Waals surface area contributed by atoms with Crippen LogP contribution in [0.4, 0.5) is 0 Å². The summed E-state index contributed by atoms with van der Waals surface area (Å²) in [5, 5.41) is 3.05. The van der Waals surface area contributed by atoms with Gasteiger partial charge in [-0.05, 0) is 12.2 Å². The monoisotopic (exact) mass is 161 g/mol. The molecule has 0 aliphatic carbocycles. The van der Waals surface area contributed by atoms with E-state index in [-0.39, 0.29) is 17.1 Å². The third kappa shape index (κ3) is 6.21. The molecule has 0 heterocycles. The van der Waals surface area contributed by atoms with Crippen LogP contribution < -0.4 is 5.32 Å². The Morgan fingerprint density at radius 1 is 1.71 bits per heavy atom. The largest absolute Gasteiger partial charge is 0.474 e. The molecule has 0 fully saturated rings. The molecule has 4 heteroatoms. The molecular formula is C3H7FeNOS. The van der Waals surface area contributed by atoms with Gasteiger partial charge in [-0.2, -0.15) is 0 Å². The summed E-state index contributed by atoms with van der Waals surface area (Å²) in [5.74, 6) is 0. The van der Waals surface area contributed by atoms with Gasteiger partial charge in [0.2, 0.25) is 0 Å². The minimum atomic E-state index is 0. The second kappa shape index (κ2) is 6.21. The van der Waals surface area contributed by atoms with Gasteiger partial charge in [0, 0.05) is 24.1 Å². The summed E-state index contributed by atoms with van der Waals surface area (Å²) in [6.07, 6.45) is 0. The molecule has 0 aromatic heterocycles. The quantitative estimate of drug-likeness (QED) is 0.403. The summed E-state index contributed by atoms with van der Waals surface area (Å²) in [6, 6.07) is 0. The molecule has 2 nitrogen and oxygen atoms in total. The van der Waals surface area contributed by atoms with Gasteiger partial charge >= 0.3 is 0 Å². The topological polar surface area (TPSA) is 21.3 Å². The van der Waals surface area contributed by atoms with Crippen molar-refractivity contribution in [2.75, 3.05) is 14.2 Å². The Morgan fingerprint density at radius 2 is 2.14 bits per heavy atom. The Bertz CT molecular complexity index is 52.9. The summed E-state index contributed by atoms with van der Waals surface area (Å²) in [5.41, 5.74) is 0. The Kier molecular flexibility index (Phi) is 9.09. The van der Waals surface area contributed by atoms with E-state index in [9.17, 15) is 0 Å². The fraction of sp³-hybridized carbons (Fsp3) is 0.667. The fourth-order valence-electron chi connectivity index (χ4n) is 0.102. The summed E-state index contributed by atoms with van der Waals surface area (Å²) >= 11 is 4.52. The van der Waals surface area contributed by atoms with Crippen LogP contribution in [0, 0.1) is 0 Å². The molecule has 0 bridgehead atoms. The van der Waals surface area contributed by atoms with Crippen LogP contribution in [0.1, 0.15) is 0 Å². The van der Waals surface area contributed by atoms with Gasteiger partial charge in [0.25, 0.3) is 5.17 Å². The van der Waals surface area contributed by atoms with Gasteiger partial charge in [-0.25, -0.2) is 0 Å². The van der Waals surface area contributed by atoms with E-state index in [1.165, 1.54) is 7.11 Å². The van der Waals surface area contributed by atoms with Gasteiger partial charge < -0.3 is 10.1 Å². The van der Waals surface area contributed by atoms with Crippen molar-refractivity contribution in [3.8, 4) is 0 Å². The van der Waals surface area contributed by atoms with Crippen molar-refractivity contribution < 1.29 is 21.8 Å². The molecule has 0 aliphatic heterocycles. The minimum absolute atomic E-state index is 0.